The highest BCUT2D eigenvalue weighted by Gasteiger charge is 2.15. The highest BCUT2D eigenvalue weighted by Crippen LogP contribution is 2.22. The Morgan fingerprint density at radius 2 is 1.96 bits per heavy atom. The van der Waals surface area contributed by atoms with Crippen molar-refractivity contribution in [2.75, 3.05) is 10.6 Å². The topological polar surface area (TPSA) is 80.5 Å². The van der Waals surface area contributed by atoms with Crippen LogP contribution in [0, 0.1) is 11.6 Å². The SMILES string of the molecule is C[C@H](Nc1nc(Cl)cc(Nc2cn(C)cn2)n1)c1ncc(F)cc1F. The number of nitrogens with one attached hydrogen (secondary N) is 2. The summed E-state index contributed by atoms with van der Waals surface area (Å²) in [6.07, 6.45) is 4.35. The van der Waals surface area contributed by atoms with Gasteiger partial charge in [0.15, 0.2) is 0 Å². The number of pyridine rings is 1. The summed E-state index contributed by atoms with van der Waals surface area (Å²) in [5, 5.41) is 6.07. The second kappa shape index (κ2) is 6.98. The van der Waals surface area contributed by atoms with Crippen molar-refractivity contribution in [1.82, 2.24) is 24.5 Å². The maximum Gasteiger partial charge on any atom is 0.226 e. The predicted octanol–water partition coefficient (Wildman–Crippen LogP) is 3.45. The molecule has 0 amide bonds. The standard InChI is InChI=1S/C15H14ClF2N7/c1-8(14-10(18)3-9(17)5-19-14)21-15-22-11(16)4-12(24-15)23-13-6-25(2)7-20-13/h3-8H,1-2H3,(H2,21,22,23,24)/t8-/m0/s1. The maximum absolute atomic E-state index is 13.8. The van der Waals surface area contributed by atoms with Gasteiger partial charge in [0.1, 0.15) is 28.4 Å². The summed E-state index contributed by atoms with van der Waals surface area (Å²) in [5.74, 6) is -0.324. The van der Waals surface area contributed by atoms with Gasteiger partial charge in [-0.05, 0) is 6.92 Å². The van der Waals surface area contributed by atoms with Gasteiger partial charge in [-0.25, -0.2) is 18.7 Å². The van der Waals surface area contributed by atoms with Gasteiger partial charge in [0.2, 0.25) is 5.95 Å². The second-order valence-corrected chi connectivity index (χ2v) is 5.72. The molecule has 0 bridgehead atoms. The predicted molar refractivity (Wildman–Crippen MR) is 89.7 cm³/mol. The van der Waals surface area contributed by atoms with Gasteiger partial charge in [0.05, 0.1) is 24.3 Å². The van der Waals surface area contributed by atoms with Gasteiger partial charge in [-0.15, -0.1) is 0 Å². The Hall–Kier alpha value is -2.81. The molecule has 7 nitrogen and oxygen atoms in total. The Labute approximate surface area is 147 Å². The summed E-state index contributed by atoms with van der Waals surface area (Å²) in [7, 11) is 1.84. The van der Waals surface area contributed by atoms with Crippen LogP contribution in [0.2, 0.25) is 5.15 Å². The fourth-order valence-corrected chi connectivity index (χ4v) is 2.34. The number of aryl methyl sites for hydroxylation is 1. The van der Waals surface area contributed by atoms with Gasteiger partial charge in [0.25, 0.3) is 0 Å². The molecule has 1 atom stereocenters. The first-order valence-electron chi connectivity index (χ1n) is 7.28. The van der Waals surface area contributed by atoms with Gasteiger partial charge in [-0.1, -0.05) is 11.6 Å². The zero-order valence-electron chi connectivity index (χ0n) is 13.3. The zero-order chi connectivity index (χ0) is 18.0. The monoisotopic (exact) mass is 365 g/mol. The molecule has 0 saturated heterocycles. The van der Waals surface area contributed by atoms with Gasteiger partial charge in [-0.3, -0.25) is 4.98 Å². The molecule has 130 valence electrons. The molecular weight excluding hydrogens is 352 g/mol. The average Bonchev–Trinajstić information content (AvgIpc) is 2.91. The van der Waals surface area contributed by atoms with Crippen LogP contribution in [0.15, 0.2) is 30.9 Å². The molecule has 10 heteroatoms. The lowest BCUT2D eigenvalue weighted by atomic mass is 10.2. The lowest BCUT2D eigenvalue weighted by Crippen LogP contribution is -2.13. The smallest absolute Gasteiger partial charge is 0.226 e. The van der Waals surface area contributed by atoms with E-state index >= 15 is 0 Å². The zero-order valence-corrected chi connectivity index (χ0v) is 14.1. The summed E-state index contributed by atoms with van der Waals surface area (Å²) in [5.41, 5.74) is 0.0456. The molecule has 2 N–H and O–H groups in total. The minimum Gasteiger partial charge on any atom is -0.346 e. The molecule has 0 unspecified atom stereocenters. The Morgan fingerprint density at radius 1 is 1.16 bits per heavy atom. The van der Waals surface area contributed by atoms with Gasteiger partial charge < -0.3 is 15.2 Å². The third kappa shape index (κ3) is 4.18. The lowest BCUT2D eigenvalue weighted by molar-refractivity contribution is 0.550. The molecule has 3 rings (SSSR count). The third-order valence-electron chi connectivity index (χ3n) is 3.25. The highest BCUT2D eigenvalue weighted by molar-refractivity contribution is 6.29. The summed E-state index contributed by atoms with van der Waals surface area (Å²) >= 11 is 6.01. The molecular formula is C15H14ClF2N7. The van der Waals surface area contributed by atoms with Crippen molar-refractivity contribution >= 4 is 29.2 Å². The van der Waals surface area contributed by atoms with Crippen LogP contribution in [0.25, 0.3) is 0 Å². The molecule has 3 heterocycles. The van der Waals surface area contributed by atoms with Crippen molar-refractivity contribution in [3.05, 3.63) is 53.3 Å². The van der Waals surface area contributed by atoms with Gasteiger partial charge >= 0.3 is 0 Å². The molecule has 0 aliphatic heterocycles. The molecule has 0 fully saturated rings. The van der Waals surface area contributed by atoms with E-state index < -0.39 is 17.7 Å². The van der Waals surface area contributed by atoms with Crippen LogP contribution in [0.5, 0.6) is 0 Å². The third-order valence-corrected chi connectivity index (χ3v) is 3.44. The number of anilines is 3. The number of nitrogens with zero attached hydrogens (tertiary/aromatic N) is 5. The van der Waals surface area contributed by atoms with E-state index in [1.165, 1.54) is 6.07 Å². The molecule has 0 aliphatic rings. The Morgan fingerprint density at radius 3 is 2.64 bits per heavy atom. The Bertz CT molecular complexity index is 899. The first-order chi connectivity index (χ1) is 11.9. The molecule has 0 spiro atoms. The maximum atomic E-state index is 13.8. The van der Waals surface area contributed by atoms with Crippen molar-refractivity contribution in [1.29, 1.82) is 0 Å². The van der Waals surface area contributed by atoms with Crippen molar-refractivity contribution in [3.63, 3.8) is 0 Å². The molecule has 3 aromatic heterocycles. The van der Waals surface area contributed by atoms with E-state index in [1.807, 2.05) is 7.05 Å². The van der Waals surface area contributed by atoms with Crippen LogP contribution in [0.1, 0.15) is 18.7 Å². The van der Waals surface area contributed by atoms with Crippen LogP contribution >= 0.6 is 11.6 Å². The first-order valence-corrected chi connectivity index (χ1v) is 7.65. The molecule has 0 aliphatic carbocycles. The second-order valence-electron chi connectivity index (χ2n) is 5.34. The van der Waals surface area contributed by atoms with E-state index in [1.54, 1.807) is 24.0 Å². The van der Waals surface area contributed by atoms with Crippen LogP contribution in [0.3, 0.4) is 0 Å². The fraction of sp³-hybridized carbons (Fsp3) is 0.200. The largest absolute Gasteiger partial charge is 0.346 e. The van der Waals surface area contributed by atoms with Crippen molar-refractivity contribution in [2.45, 2.75) is 13.0 Å². The van der Waals surface area contributed by atoms with E-state index in [9.17, 15) is 8.78 Å². The highest BCUT2D eigenvalue weighted by atomic mass is 35.5. The molecule has 0 saturated carbocycles. The summed E-state index contributed by atoms with van der Waals surface area (Å²) in [4.78, 5) is 16.2. The van der Waals surface area contributed by atoms with Crippen molar-refractivity contribution in [3.8, 4) is 0 Å². The summed E-state index contributed by atoms with van der Waals surface area (Å²) < 4.78 is 28.6. The van der Waals surface area contributed by atoms with Crippen LogP contribution in [-0.2, 0) is 7.05 Å². The fourth-order valence-electron chi connectivity index (χ4n) is 2.16. The van der Waals surface area contributed by atoms with E-state index in [0.717, 1.165) is 12.3 Å². The van der Waals surface area contributed by atoms with Crippen molar-refractivity contribution in [2.24, 2.45) is 7.05 Å². The number of hydrogen-bond acceptors (Lipinski definition) is 6. The van der Waals surface area contributed by atoms with Gasteiger partial charge in [0, 0.05) is 25.4 Å². The molecule has 25 heavy (non-hydrogen) atoms. The van der Waals surface area contributed by atoms with Crippen LogP contribution in [0.4, 0.5) is 26.4 Å². The number of imidazole rings is 1. The number of rotatable bonds is 5. The minimum atomic E-state index is -0.756. The molecule has 0 aromatic carbocycles. The van der Waals surface area contributed by atoms with E-state index in [2.05, 4.69) is 30.6 Å². The van der Waals surface area contributed by atoms with E-state index in [-0.39, 0.29) is 16.8 Å². The first kappa shape index (κ1) is 17.0. The average molecular weight is 366 g/mol. The van der Waals surface area contributed by atoms with Crippen LogP contribution in [-0.4, -0.2) is 24.5 Å². The quantitative estimate of drug-likeness (QED) is 0.674. The Balaban J connectivity index is 1.80. The molecule has 0 radical (unpaired) electrons. The number of hydrogen-bond donors (Lipinski definition) is 2. The summed E-state index contributed by atoms with van der Waals surface area (Å²) in [6, 6.07) is 1.71. The van der Waals surface area contributed by atoms with E-state index in [0.29, 0.717) is 11.6 Å². The van der Waals surface area contributed by atoms with Crippen molar-refractivity contribution < 1.29 is 8.78 Å². The number of halogens is 3. The van der Waals surface area contributed by atoms with E-state index in [4.69, 9.17) is 11.6 Å². The van der Waals surface area contributed by atoms with Crippen LogP contribution < -0.4 is 10.6 Å². The van der Waals surface area contributed by atoms with Gasteiger partial charge in [-0.2, -0.15) is 4.98 Å². The normalized spacial score (nSPS) is 12.0. The minimum absolute atomic E-state index is 0.0456. The Kier molecular flexibility index (Phi) is 4.75. The summed E-state index contributed by atoms with van der Waals surface area (Å²) in [6.45, 7) is 1.65. The lowest BCUT2D eigenvalue weighted by Gasteiger charge is -2.15. The number of aromatic nitrogens is 5. The molecule has 3 aromatic rings.